The Hall–Kier alpha value is -2.30. The van der Waals surface area contributed by atoms with Gasteiger partial charge in [0, 0.05) is 13.0 Å². The maximum absolute atomic E-state index is 11.6. The molecule has 1 atom stereocenters. The van der Waals surface area contributed by atoms with E-state index in [4.69, 9.17) is 9.47 Å². The number of carbonyl (C=O) groups excluding carboxylic acids is 2. The van der Waals surface area contributed by atoms with E-state index in [9.17, 15) is 9.59 Å². The van der Waals surface area contributed by atoms with Crippen LogP contribution in [0, 0.1) is 5.92 Å². The van der Waals surface area contributed by atoms with E-state index >= 15 is 0 Å². The molecule has 1 aromatic rings. The minimum Gasteiger partial charge on any atom is -0.466 e. The summed E-state index contributed by atoms with van der Waals surface area (Å²) in [5, 5.41) is 2.93. The Bertz CT molecular complexity index is 553. The van der Waals surface area contributed by atoms with E-state index in [-0.39, 0.29) is 12.1 Å². The molecule has 0 bridgehead atoms. The number of amides is 1. The van der Waals surface area contributed by atoms with Crippen LogP contribution in [0.5, 0.6) is 0 Å². The molecular formula is C22H33NO4. The van der Waals surface area contributed by atoms with Gasteiger partial charge in [-0.2, -0.15) is 0 Å². The summed E-state index contributed by atoms with van der Waals surface area (Å²) in [5.41, 5.74) is 1.02. The molecule has 5 nitrogen and oxygen atoms in total. The summed E-state index contributed by atoms with van der Waals surface area (Å²) in [7, 11) is 0. The van der Waals surface area contributed by atoms with E-state index in [0.717, 1.165) is 24.8 Å². The number of carbonyl (C=O) groups is 2. The predicted molar refractivity (Wildman–Crippen MR) is 107 cm³/mol. The van der Waals surface area contributed by atoms with Gasteiger partial charge in [-0.05, 0) is 30.7 Å². The molecule has 1 aliphatic carbocycles. The molecule has 1 saturated carbocycles. The van der Waals surface area contributed by atoms with Gasteiger partial charge in [-0.15, -0.1) is 6.58 Å². The number of alkyl carbamates (subject to hydrolysis) is 1. The molecule has 1 fully saturated rings. The molecular weight excluding hydrogens is 342 g/mol. The van der Waals surface area contributed by atoms with Crippen molar-refractivity contribution in [3.8, 4) is 0 Å². The van der Waals surface area contributed by atoms with Gasteiger partial charge >= 0.3 is 12.1 Å². The summed E-state index contributed by atoms with van der Waals surface area (Å²) < 4.78 is 9.91. The molecule has 150 valence electrons. The largest absolute Gasteiger partial charge is 0.466 e. The molecule has 1 amide bonds. The summed E-state index contributed by atoms with van der Waals surface area (Å²) >= 11 is 0. The molecule has 0 radical (unpaired) electrons. The average molecular weight is 376 g/mol. The fraction of sp³-hybridized carbons (Fsp3) is 0.545. The van der Waals surface area contributed by atoms with Crippen molar-refractivity contribution in [3.63, 3.8) is 0 Å². The zero-order valence-corrected chi connectivity index (χ0v) is 16.6. The van der Waals surface area contributed by atoms with Crippen molar-refractivity contribution >= 4 is 12.1 Å². The van der Waals surface area contributed by atoms with E-state index in [1.165, 1.54) is 26.2 Å². The lowest BCUT2D eigenvalue weighted by atomic mass is 9.96. The molecule has 0 heterocycles. The number of hydrogen-bond acceptors (Lipinski definition) is 4. The quantitative estimate of drug-likeness (QED) is 0.537. The van der Waals surface area contributed by atoms with E-state index < -0.39 is 0 Å². The Morgan fingerprint density at radius 2 is 1.85 bits per heavy atom. The first-order valence-corrected chi connectivity index (χ1v) is 9.74. The van der Waals surface area contributed by atoms with Crippen LogP contribution >= 0.6 is 0 Å². The van der Waals surface area contributed by atoms with Crippen LogP contribution in [0.15, 0.2) is 43.0 Å². The van der Waals surface area contributed by atoms with Crippen LogP contribution in [0.2, 0.25) is 0 Å². The number of benzene rings is 1. The molecule has 0 saturated heterocycles. The standard InChI is InChI=1S/C14H19NO2.C8H14O2/c16-14(15-13-9-5-2-6-10-13)17-11-12-7-3-1-4-8-12;1-4-7(2)5-6-10-8(3)9/h1,3-4,7-8,13H,2,5-6,9-11H2,(H,15,16);4,7H,1,5-6H2,2-3H3. The maximum atomic E-state index is 11.6. The van der Waals surface area contributed by atoms with Crippen molar-refractivity contribution < 1.29 is 19.1 Å². The van der Waals surface area contributed by atoms with Crippen LogP contribution in [0.1, 0.15) is 57.9 Å². The number of esters is 1. The lowest BCUT2D eigenvalue weighted by Gasteiger charge is -2.22. The SMILES string of the molecule is C=CC(C)CCOC(C)=O.O=C(NC1CCCCC1)OCc1ccccc1. The van der Waals surface area contributed by atoms with E-state index in [0.29, 0.717) is 25.2 Å². The highest BCUT2D eigenvalue weighted by atomic mass is 16.5. The second kappa shape index (κ2) is 13.8. The Kier molecular flexibility index (Phi) is 11.7. The first-order chi connectivity index (χ1) is 13.0. The van der Waals surface area contributed by atoms with Gasteiger partial charge < -0.3 is 14.8 Å². The van der Waals surface area contributed by atoms with Crippen LogP contribution in [-0.4, -0.2) is 24.7 Å². The number of ether oxygens (including phenoxy) is 2. The zero-order chi connectivity index (χ0) is 19.9. The highest BCUT2D eigenvalue weighted by molar-refractivity contribution is 5.67. The van der Waals surface area contributed by atoms with Crippen LogP contribution < -0.4 is 5.32 Å². The van der Waals surface area contributed by atoms with Crippen molar-refractivity contribution in [2.75, 3.05) is 6.61 Å². The van der Waals surface area contributed by atoms with E-state index in [2.05, 4.69) is 11.9 Å². The Morgan fingerprint density at radius 1 is 1.19 bits per heavy atom. The lowest BCUT2D eigenvalue weighted by Crippen LogP contribution is -2.36. The van der Waals surface area contributed by atoms with Crippen LogP contribution in [0.4, 0.5) is 4.79 Å². The van der Waals surface area contributed by atoms with Crippen molar-refractivity contribution in [2.45, 2.75) is 65.0 Å². The smallest absolute Gasteiger partial charge is 0.407 e. The molecule has 0 aromatic heterocycles. The third-order valence-electron chi connectivity index (χ3n) is 4.42. The minimum absolute atomic E-state index is 0.212. The van der Waals surface area contributed by atoms with Gasteiger partial charge in [-0.3, -0.25) is 4.79 Å². The molecule has 0 aliphatic heterocycles. The van der Waals surface area contributed by atoms with Gasteiger partial charge in [-0.25, -0.2) is 4.79 Å². The Morgan fingerprint density at radius 3 is 2.44 bits per heavy atom. The zero-order valence-electron chi connectivity index (χ0n) is 16.6. The second-order valence-corrected chi connectivity index (χ2v) is 6.88. The Labute approximate surface area is 163 Å². The molecule has 27 heavy (non-hydrogen) atoms. The molecule has 1 aromatic carbocycles. The number of rotatable bonds is 7. The topological polar surface area (TPSA) is 64.6 Å². The van der Waals surface area contributed by atoms with Crippen molar-refractivity contribution in [1.82, 2.24) is 5.32 Å². The minimum atomic E-state index is -0.291. The summed E-state index contributed by atoms with van der Waals surface area (Å²) in [4.78, 5) is 21.8. The molecule has 5 heteroatoms. The van der Waals surface area contributed by atoms with E-state index in [1.54, 1.807) is 0 Å². The molecule has 1 N–H and O–H groups in total. The number of hydrogen-bond donors (Lipinski definition) is 1. The molecule has 0 spiro atoms. The second-order valence-electron chi connectivity index (χ2n) is 6.88. The Balaban J connectivity index is 0.000000314. The molecule has 1 unspecified atom stereocenters. The highest BCUT2D eigenvalue weighted by Crippen LogP contribution is 2.17. The normalized spacial score (nSPS) is 14.9. The average Bonchev–Trinajstić information content (AvgIpc) is 2.68. The lowest BCUT2D eigenvalue weighted by molar-refractivity contribution is -0.141. The van der Waals surface area contributed by atoms with Crippen LogP contribution in [0.3, 0.4) is 0 Å². The monoisotopic (exact) mass is 375 g/mol. The summed E-state index contributed by atoms with van der Waals surface area (Å²) in [5.74, 6) is 0.218. The summed E-state index contributed by atoms with van der Waals surface area (Å²) in [6.07, 6.45) is 8.30. The van der Waals surface area contributed by atoms with Gasteiger partial charge in [0.15, 0.2) is 0 Å². The maximum Gasteiger partial charge on any atom is 0.407 e. The predicted octanol–water partition coefficient (Wildman–Crippen LogP) is 5.01. The fourth-order valence-corrected chi connectivity index (χ4v) is 2.68. The first-order valence-electron chi connectivity index (χ1n) is 9.74. The number of nitrogens with one attached hydrogen (secondary N) is 1. The summed E-state index contributed by atoms with van der Waals surface area (Å²) in [6.45, 7) is 7.92. The first kappa shape index (κ1) is 22.7. The fourth-order valence-electron chi connectivity index (χ4n) is 2.68. The van der Waals surface area contributed by atoms with Crippen molar-refractivity contribution in [1.29, 1.82) is 0 Å². The van der Waals surface area contributed by atoms with Gasteiger partial charge in [0.1, 0.15) is 6.61 Å². The van der Waals surface area contributed by atoms with E-state index in [1.807, 2.05) is 43.3 Å². The van der Waals surface area contributed by atoms with Gasteiger partial charge in [0.05, 0.1) is 6.61 Å². The van der Waals surface area contributed by atoms with Gasteiger partial charge in [0.25, 0.3) is 0 Å². The van der Waals surface area contributed by atoms with Gasteiger partial charge in [0.2, 0.25) is 0 Å². The number of allylic oxidation sites excluding steroid dienone is 1. The summed E-state index contributed by atoms with van der Waals surface area (Å²) in [6, 6.07) is 10.1. The molecule has 2 rings (SSSR count). The third-order valence-corrected chi connectivity index (χ3v) is 4.42. The van der Waals surface area contributed by atoms with Crippen LogP contribution in [-0.2, 0) is 20.9 Å². The van der Waals surface area contributed by atoms with Crippen molar-refractivity contribution in [3.05, 3.63) is 48.6 Å². The highest BCUT2D eigenvalue weighted by Gasteiger charge is 2.16. The van der Waals surface area contributed by atoms with Gasteiger partial charge in [-0.1, -0.05) is 62.6 Å². The third kappa shape index (κ3) is 11.8. The molecule has 1 aliphatic rings. The van der Waals surface area contributed by atoms with Crippen LogP contribution in [0.25, 0.3) is 0 Å². The van der Waals surface area contributed by atoms with Crippen molar-refractivity contribution in [2.24, 2.45) is 5.92 Å².